The molecule has 0 aromatic carbocycles. The van der Waals surface area contributed by atoms with Gasteiger partial charge in [0.1, 0.15) is 0 Å². The van der Waals surface area contributed by atoms with Gasteiger partial charge in [-0.25, -0.2) is 0 Å². The molecule has 1 atom stereocenters. The Labute approximate surface area is 119 Å². The van der Waals surface area contributed by atoms with Crippen LogP contribution in [0.4, 0.5) is 0 Å². The Morgan fingerprint density at radius 1 is 1.35 bits per heavy atom. The quantitative estimate of drug-likeness (QED) is 0.839. The number of rotatable bonds is 1. The molecule has 1 aromatic heterocycles. The fourth-order valence-corrected chi connectivity index (χ4v) is 3.33. The van der Waals surface area contributed by atoms with Gasteiger partial charge in [-0.2, -0.15) is 0 Å². The van der Waals surface area contributed by atoms with E-state index in [9.17, 15) is 4.79 Å². The van der Waals surface area contributed by atoms with Crippen molar-refractivity contribution in [1.29, 1.82) is 0 Å². The lowest BCUT2D eigenvalue weighted by Gasteiger charge is -2.42. The molecule has 1 fully saturated rings. The molecule has 0 bridgehead atoms. The summed E-state index contributed by atoms with van der Waals surface area (Å²) in [5.41, 5.74) is 8.07. The molecule has 110 valence electrons. The van der Waals surface area contributed by atoms with Crippen LogP contribution >= 0.6 is 0 Å². The number of carbonyl (C=O) groups excluding carboxylic acids is 1. The van der Waals surface area contributed by atoms with Crippen molar-refractivity contribution in [3.05, 3.63) is 23.5 Å². The maximum absolute atomic E-state index is 12.8. The molecule has 1 aromatic rings. The van der Waals surface area contributed by atoms with E-state index in [0.717, 1.165) is 13.1 Å². The summed E-state index contributed by atoms with van der Waals surface area (Å²) in [7, 11) is 0. The van der Waals surface area contributed by atoms with Crippen LogP contribution in [0.2, 0.25) is 0 Å². The van der Waals surface area contributed by atoms with Crippen LogP contribution in [0.1, 0.15) is 37.2 Å². The molecule has 20 heavy (non-hydrogen) atoms. The Hall–Kier alpha value is -1.33. The van der Waals surface area contributed by atoms with Crippen molar-refractivity contribution in [3.63, 3.8) is 0 Å². The first-order chi connectivity index (χ1) is 9.53. The highest BCUT2D eigenvalue weighted by Gasteiger charge is 2.41. The molecule has 2 N–H and O–H groups in total. The zero-order valence-electron chi connectivity index (χ0n) is 12.3. The van der Waals surface area contributed by atoms with Gasteiger partial charge in [0.25, 0.3) is 0 Å². The normalized spacial score (nSPS) is 25.4. The Kier molecular flexibility index (Phi) is 3.34. The zero-order valence-corrected chi connectivity index (χ0v) is 12.3. The average molecular weight is 277 g/mol. The smallest absolute Gasteiger partial charge is 0.243 e. The van der Waals surface area contributed by atoms with E-state index in [-0.39, 0.29) is 11.9 Å². The number of fused-ring (bicyclic) bond motifs is 1. The second kappa shape index (κ2) is 4.90. The monoisotopic (exact) mass is 277 g/mol. The van der Waals surface area contributed by atoms with Crippen molar-refractivity contribution in [2.45, 2.75) is 44.8 Å². The van der Waals surface area contributed by atoms with Crippen LogP contribution < -0.4 is 5.73 Å². The second-order valence-electron chi connectivity index (χ2n) is 5.99. The summed E-state index contributed by atoms with van der Waals surface area (Å²) in [5.74, 6) is 0.0819. The van der Waals surface area contributed by atoms with Gasteiger partial charge in [-0.05, 0) is 38.8 Å². The number of aryl methyl sites for hydroxylation is 1. The number of nitrogens with two attached hydrogens (primary N) is 1. The fraction of sp³-hybridized carbons (Fsp3) is 0.667. The topological polar surface area (TPSA) is 60.5 Å². The van der Waals surface area contributed by atoms with E-state index in [1.165, 1.54) is 11.4 Å². The number of carbonyl (C=O) groups is 1. The van der Waals surface area contributed by atoms with Gasteiger partial charge in [0.15, 0.2) is 0 Å². The van der Waals surface area contributed by atoms with Gasteiger partial charge in [0.2, 0.25) is 5.91 Å². The van der Waals surface area contributed by atoms with Crippen molar-refractivity contribution >= 4 is 5.91 Å². The molecule has 2 aliphatic heterocycles. The summed E-state index contributed by atoms with van der Waals surface area (Å²) in [6, 6.07) is 4.33. The molecule has 0 saturated carbocycles. The van der Waals surface area contributed by atoms with E-state index in [1.54, 1.807) is 0 Å². The highest BCUT2D eigenvalue weighted by molar-refractivity contribution is 5.86. The summed E-state index contributed by atoms with van der Waals surface area (Å²) >= 11 is 0. The molecule has 3 heterocycles. The number of hydrogen-bond donors (Lipinski definition) is 1. The summed E-state index contributed by atoms with van der Waals surface area (Å²) in [5, 5.41) is 0. The first-order valence-corrected chi connectivity index (χ1v) is 7.37. The van der Waals surface area contributed by atoms with E-state index >= 15 is 0 Å². The van der Waals surface area contributed by atoms with Gasteiger partial charge in [-0.3, -0.25) is 4.79 Å². The molecule has 0 radical (unpaired) electrons. The molecule has 1 amide bonds. The van der Waals surface area contributed by atoms with Gasteiger partial charge in [0, 0.05) is 37.7 Å². The standard InChI is InChI=1S/C15H23N3O2/c1-11-3-4-13-12(2)18(8-7-17(11)13)14(19)15(16)5-9-20-10-6-15/h3-4,12H,5-10,16H2,1-2H3. The van der Waals surface area contributed by atoms with Crippen LogP contribution in [0.15, 0.2) is 12.1 Å². The number of nitrogens with zero attached hydrogens (tertiary/aromatic N) is 2. The van der Waals surface area contributed by atoms with Gasteiger partial charge in [-0.1, -0.05) is 0 Å². The van der Waals surface area contributed by atoms with Crippen molar-refractivity contribution in [1.82, 2.24) is 9.47 Å². The Balaban J connectivity index is 1.83. The highest BCUT2D eigenvalue weighted by Crippen LogP contribution is 2.31. The Morgan fingerprint density at radius 2 is 2.05 bits per heavy atom. The first-order valence-electron chi connectivity index (χ1n) is 7.37. The van der Waals surface area contributed by atoms with Gasteiger partial charge in [-0.15, -0.1) is 0 Å². The summed E-state index contributed by atoms with van der Waals surface area (Å²) in [6.07, 6.45) is 1.24. The van der Waals surface area contributed by atoms with Crippen molar-refractivity contribution in [2.24, 2.45) is 5.73 Å². The third-order valence-electron chi connectivity index (χ3n) is 4.76. The van der Waals surface area contributed by atoms with E-state index in [1.807, 2.05) is 4.90 Å². The van der Waals surface area contributed by atoms with Gasteiger partial charge < -0.3 is 19.9 Å². The minimum atomic E-state index is -0.740. The number of hydrogen-bond acceptors (Lipinski definition) is 3. The highest BCUT2D eigenvalue weighted by atomic mass is 16.5. The van der Waals surface area contributed by atoms with Crippen LogP contribution in [0.25, 0.3) is 0 Å². The first kappa shape index (κ1) is 13.6. The van der Waals surface area contributed by atoms with Gasteiger partial charge >= 0.3 is 0 Å². The van der Waals surface area contributed by atoms with Crippen molar-refractivity contribution in [2.75, 3.05) is 19.8 Å². The van der Waals surface area contributed by atoms with Crippen LogP contribution in [0.5, 0.6) is 0 Å². The van der Waals surface area contributed by atoms with E-state index in [0.29, 0.717) is 26.1 Å². The van der Waals surface area contributed by atoms with E-state index in [4.69, 9.17) is 10.5 Å². The Bertz CT molecular complexity index is 517. The number of ether oxygens (including phenoxy) is 1. The van der Waals surface area contributed by atoms with Crippen LogP contribution in [0.3, 0.4) is 0 Å². The molecular formula is C15H23N3O2. The lowest BCUT2D eigenvalue weighted by atomic mass is 9.88. The molecule has 0 spiro atoms. The molecule has 0 aliphatic carbocycles. The maximum Gasteiger partial charge on any atom is 0.243 e. The largest absolute Gasteiger partial charge is 0.381 e. The molecular weight excluding hydrogens is 254 g/mol. The predicted molar refractivity (Wildman–Crippen MR) is 76.3 cm³/mol. The van der Waals surface area contributed by atoms with Crippen LogP contribution in [-0.4, -0.2) is 40.7 Å². The minimum absolute atomic E-state index is 0.0819. The lowest BCUT2D eigenvalue weighted by molar-refractivity contribution is -0.144. The van der Waals surface area contributed by atoms with Crippen LogP contribution in [-0.2, 0) is 16.1 Å². The van der Waals surface area contributed by atoms with Crippen molar-refractivity contribution < 1.29 is 9.53 Å². The molecule has 3 rings (SSSR count). The van der Waals surface area contributed by atoms with E-state index in [2.05, 4.69) is 30.5 Å². The molecule has 5 heteroatoms. The SMILES string of the molecule is Cc1ccc2n1CCN(C(=O)C1(N)CCOCC1)C2C. The number of amides is 1. The molecule has 2 aliphatic rings. The predicted octanol–water partition coefficient (Wildman–Crippen LogP) is 1.21. The number of aromatic nitrogens is 1. The zero-order chi connectivity index (χ0) is 14.3. The third kappa shape index (κ3) is 2.05. The molecule has 1 unspecified atom stereocenters. The fourth-order valence-electron chi connectivity index (χ4n) is 3.33. The average Bonchev–Trinajstić information content (AvgIpc) is 2.82. The Morgan fingerprint density at radius 3 is 2.75 bits per heavy atom. The van der Waals surface area contributed by atoms with Crippen molar-refractivity contribution in [3.8, 4) is 0 Å². The summed E-state index contributed by atoms with van der Waals surface area (Å²) in [4.78, 5) is 14.8. The minimum Gasteiger partial charge on any atom is -0.381 e. The molecule has 5 nitrogen and oxygen atoms in total. The second-order valence-corrected chi connectivity index (χ2v) is 5.99. The summed E-state index contributed by atoms with van der Waals surface area (Å²) < 4.78 is 7.63. The molecule has 1 saturated heterocycles. The van der Waals surface area contributed by atoms with E-state index < -0.39 is 5.54 Å². The van der Waals surface area contributed by atoms with Gasteiger partial charge in [0.05, 0.1) is 11.6 Å². The third-order valence-corrected chi connectivity index (χ3v) is 4.76. The maximum atomic E-state index is 12.8. The lowest BCUT2D eigenvalue weighted by Crippen LogP contribution is -2.59. The summed E-state index contributed by atoms with van der Waals surface area (Å²) in [6.45, 7) is 6.96. The van der Waals surface area contributed by atoms with Crippen LogP contribution in [0, 0.1) is 6.92 Å².